The van der Waals surface area contributed by atoms with Gasteiger partial charge in [-0.1, -0.05) is 0 Å². The van der Waals surface area contributed by atoms with Gasteiger partial charge in [-0.25, -0.2) is 0 Å². The van der Waals surface area contributed by atoms with Crippen LogP contribution in [-0.4, -0.2) is 54.8 Å². The molecule has 0 atom stereocenters. The maximum absolute atomic E-state index is 12.3. The number of nitrogens with zero attached hydrogens (tertiary/aromatic N) is 1. The van der Waals surface area contributed by atoms with Gasteiger partial charge < -0.3 is 24.2 Å². The lowest BCUT2D eigenvalue weighted by Gasteiger charge is -2.21. The van der Waals surface area contributed by atoms with Gasteiger partial charge in [-0.15, -0.1) is 0 Å². The fourth-order valence-electron chi connectivity index (χ4n) is 2.57. The molecule has 1 amide bonds. The van der Waals surface area contributed by atoms with Crippen LogP contribution in [0.2, 0.25) is 0 Å². The number of rotatable bonds is 6. The number of carboxylic acid groups (broad SMARTS) is 1. The number of hydrogen-bond acceptors (Lipinski definition) is 5. The number of aliphatic carboxylic acids is 1. The molecule has 1 N–H and O–H groups in total. The van der Waals surface area contributed by atoms with E-state index in [0.717, 1.165) is 18.4 Å². The van der Waals surface area contributed by atoms with Crippen molar-refractivity contribution in [3.63, 3.8) is 0 Å². The molecule has 0 radical (unpaired) electrons. The van der Waals surface area contributed by atoms with E-state index in [0.29, 0.717) is 30.5 Å². The standard InChI is InChI=1S/C17H19NO6/c1-22-13-8-11(9-14-17(13)24-7-6-23-14)2-5-15(19)18(10-16(20)21)12-3-4-12/h2,5,8-9,12H,3-4,6-7,10H2,1H3,(H,20,21)/b5-2+. The van der Waals surface area contributed by atoms with Crippen molar-refractivity contribution in [2.45, 2.75) is 18.9 Å². The van der Waals surface area contributed by atoms with Crippen LogP contribution in [0.15, 0.2) is 18.2 Å². The molecule has 1 aromatic rings. The number of carbonyl (C=O) groups is 2. The average molecular weight is 333 g/mol. The highest BCUT2D eigenvalue weighted by molar-refractivity contribution is 5.94. The van der Waals surface area contributed by atoms with E-state index in [2.05, 4.69) is 0 Å². The summed E-state index contributed by atoms with van der Waals surface area (Å²) in [6.45, 7) is 0.636. The number of amides is 1. The van der Waals surface area contributed by atoms with E-state index in [4.69, 9.17) is 19.3 Å². The van der Waals surface area contributed by atoms with Crippen LogP contribution in [0.25, 0.3) is 6.08 Å². The van der Waals surface area contributed by atoms with Crippen LogP contribution < -0.4 is 14.2 Å². The second-order valence-corrected chi connectivity index (χ2v) is 5.67. The van der Waals surface area contributed by atoms with Crippen molar-refractivity contribution in [1.82, 2.24) is 4.90 Å². The van der Waals surface area contributed by atoms with Crippen LogP contribution in [0, 0.1) is 0 Å². The van der Waals surface area contributed by atoms with Gasteiger partial charge in [0.15, 0.2) is 11.5 Å². The first kappa shape index (κ1) is 16.2. The molecule has 0 spiro atoms. The van der Waals surface area contributed by atoms with Crippen LogP contribution in [-0.2, 0) is 9.59 Å². The summed E-state index contributed by atoms with van der Waals surface area (Å²) < 4.78 is 16.4. The van der Waals surface area contributed by atoms with Gasteiger partial charge in [-0.05, 0) is 36.6 Å². The van der Waals surface area contributed by atoms with Gasteiger partial charge >= 0.3 is 5.97 Å². The van der Waals surface area contributed by atoms with Crippen LogP contribution >= 0.6 is 0 Å². The number of fused-ring (bicyclic) bond motifs is 1. The first-order valence-electron chi connectivity index (χ1n) is 7.76. The Labute approximate surface area is 139 Å². The minimum absolute atomic E-state index is 0.0352. The van der Waals surface area contributed by atoms with Crippen LogP contribution in [0.5, 0.6) is 17.2 Å². The minimum atomic E-state index is -1.01. The van der Waals surface area contributed by atoms with E-state index >= 15 is 0 Å². The quantitative estimate of drug-likeness (QED) is 0.795. The Bertz CT molecular complexity index is 663. The number of ether oxygens (including phenoxy) is 3. The van der Waals surface area contributed by atoms with Crippen LogP contribution in [0.1, 0.15) is 18.4 Å². The normalized spacial score (nSPS) is 16.0. The molecule has 0 bridgehead atoms. The Morgan fingerprint density at radius 1 is 1.33 bits per heavy atom. The molecule has 7 nitrogen and oxygen atoms in total. The summed E-state index contributed by atoms with van der Waals surface area (Å²) in [6.07, 6.45) is 4.71. The molecule has 1 aliphatic heterocycles. The Kier molecular flexibility index (Phi) is 4.59. The molecule has 1 aliphatic carbocycles. The number of carbonyl (C=O) groups excluding carboxylic acids is 1. The summed E-state index contributed by atoms with van der Waals surface area (Å²) >= 11 is 0. The molecular formula is C17H19NO6. The minimum Gasteiger partial charge on any atom is -0.493 e. The molecule has 2 aliphatic rings. The summed E-state index contributed by atoms with van der Waals surface area (Å²) in [5.41, 5.74) is 0.718. The number of methoxy groups -OCH3 is 1. The summed E-state index contributed by atoms with van der Waals surface area (Å²) in [4.78, 5) is 24.5. The maximum Gasteiger partial charge on any atom is 0.323 e. The van der Waals surface area contributed by atoms with Gasteiger partial charge in [0.05, 0.1) is 7.11 Å². The first-order chi connectivity index (χ1) is 11.6. The van der Waals surface area contributed by atoms with Gasteiger partial charge in [0.25, 0.3) is 0 Å². The Morgan fingerprint density at radius 2 is 2.08 bits per heavy atom. The van der Waals surface area contributed by atoms with E-state index in [1.807, 2.05) is 0 Å². The fourth-order valence-corrected chi connectivity index (χ4v) is 2.57. The highest BCUT2D eigenvalue weighted by Gasteiger charge is 2.32. The maximum atomic E-state index is 12.3. The van der Waals surface area contributed by atoms with Crippen molar-refractivity contribution in [3.05, 3.63) is 23.8 Å². The van der Waals surface area contributed by atoms with Crippen molar-refractivity contribution in [1.29, 1.82) is 0 Å². The summed E-state index contributed by atoms with van der Waals surface area (Å²) in [5.74, 6) is 0.331. The zero-order valence-electron chi connectivity index (χ0n) is 13.4. The molecule has 1 fully saturated rings. The van der Waals surface area contributed by atoms with Gasteiger partial charge in [0.1, 0.15) is 19.8 Å². The van der Waals surface area contributed by atoms with E-state index in [9.17, 15) is 9.59 Å². The second-order valence-electron chi connectivity index (χ2n) is 5.67. The summed E-state index contributed by atoms with van der Waals surface area (Å²) in [5, 5.41) is 8.93. The molecule has 128 valence electrons. The SMILES string of the molecule is COc1cc(/C=C/C(=O)N(CC(=O)O)C2CC2)cc2c1OCCO2. The number of carboxylic acids is 1. The topological polar surface area (TPSA) is 85.3 Å². The smallest absolute Gasteiger partial charge is 0.323 e. The largest absolute Gasteiger partial charge is 0.493 e. The third-order valence-electron chi connectivity index (χ3n) is 3.85. The molecule has 7 heteroatoms. The highest BCUT2D eigenvalue weighted by atomic mass is 16.6. The zero-order chi connectivity index (χ0) is 17.1. The molecule has 1 aromatic carbocycles. The highest BCUT2D eigenvalue weighted by Crippen LogP contribution is 2.40. The Balaban J connectivity index is 1.78. The molecule has 0 unspecified atom stereocenters. The number of benzene rings is 1. The van der Waals surface area contributed by atoms with E-state index in [1.165, 1.54) is 18.1 Å². The van der Waals surface area contributed by atoms with Crippen molar-refractivity contribution in [2.75, 3.05) is 26.9 Å². The molecular weight excluding hydrogens is 314 g/mol. The van der Waals surface area contributed by atoms with E-state index in [-0.39, 0.29) is 18.5 Å². The van der Waals surface area contributed by atoms with Gasteiger partial charge in [-0.2, -0.15) is 0 Å². The molecule has 1 heterocycles. The van der Waals surface area contributed by atoms with Crippen LogP contribution in [0.3, 0.4) is 0 Å². The lowest BCUT2D eigenvalue weighted by Crippen LogP contribution is -2.36. The molecule has 24 heavy (non-hydrogen) atoms. The third kappa shape index (κ3) is 3.61. The second kappa shape index (κ2) is 6.82. The van der Waals surface area contributed by atoms with Crippen molar-refractivity contribution in [2.24, 2.45) is 0 Å². The summed E-state index contributed by atoms with van der Waals surface area (Å²) in [7, 11) is 1.54. The predicted octanol–water partition coefficient (Wildman–Crippen LogP) is 1.56. The number of hydrogen-bond donors (Lipinski definition) is 1. The molecule has 0 saturated heterocycles. The lowest BCUT2D eigenvalue weighted by atomic mass is 10.1. The third-order valence-corrected chi connectivity index (χ3v) is 3.85. The molecule has 1 saturated carbocycles. The summed E-state index contributed by atoms with van der Waals surface area (Å²) in [6, 6.07) is 3.54. The first-order valence-corrected chi connectivity index (χ1v) is 7.76. The Morgan fingerprint density at radius 3 is 2.75 bits per heavy atom. The molecule has 0 aromatic heterocycles. The predicted molar refractivity (Wildman–Crippen MR) is 85.4 cm³/mol. The van der Waals surface area contributed by atoms with Crippen molar-refractivity contribution >= 4 is 18.0 Å². The average Bonchev–Trinajstić information content (AvgIpc) is 3.41. The molecule has 3 rings (SSSR count). The van der Waals surface area contributed by atoms with Crippen molar-refractivity contribution < 1.29 is 28.9 Å². The van der Waals surface area contributed by atoms with E-state index < -0.39 is 5.97 Å². The monoisotopic (exact) mass is 333 g/mol. The fraction of sp³-hybridized carbons (Fsp3) is 0.412. The van der Waals surface area contributed by atoms with Gasteiger partial charge in [-0.3, -0.25) is 9.59 Å². The van der Waals surface area contributed by atoms with E-state index in [1.54, 1.807) is 18.2 Å². The van der Waals surface area contributed by atoms with Gasteiger partial charge in [0.2, 0.25) is 11.7 Å². The van der Waals surface area contributed by atoms with Crippen molar-refractivity contribution in [3.8, 4) is 17.2 Å². The Hall–Kier alpha value is -2.70. The van der Waals surface area contributed by atoms with Gasteiger partial charge in [0, 0.05) is 12.1 Å². The lowest BCUT2D eigenvalue weighted by molar-refractivity contribution is -0.143. The van der Waals surface area contributed by atoms with Crippen LogP contribution in [0.4, 0.5) is 0 Å². The zero-order valence-corrected chi connectivity index (χ0v) is 13.4.